The Kier molecular flexibility index (Phi) is 18.0. The molecule has 4 atom stereocenters. The third-order valence-electron chi connectivity index (χ3n) is 14.0. The summed E-state index contributed by atoms with van der Waals surface area (Å²) < 4.78 is 68.7. The van der Waals surface area contributed by atoms with E-state index in [-0.39, 0.29) is 55.1 Å². The van der Waals surface area contributed by atoms with Crippen molar-refractivity contribution in [2.24, 2.45) is 5.92 Å². The van der Waals surface area contributed by atoms with Crippen LogP contribution in [0.25, 0.3) is 10.9 Å². The Morgan fingerprint density at radius 1 is 0.972 bits per heavy atom. The van der Waals surface area contributed by atoms with Gasteiger partial charge in [0.05, 0.1) is 55.9 Å². The van der Waals surface area contributed by atoms with Crippen LogP contribution in [0, 0.1) is 17.8 Å². The second-order valence-corrected chi connectivity index (χ2v) is 19.4. The maximum atomic E-state index is 14.9. The standard InChI is InChI=1S/C53H69F4N9O6/c1-34(2)49-51(69)60-38(32-67)27-35-12-13-37(28-47(35)63(49)4)52(70)65-22-16-39(17-23-65)64(25-26-71-5)24-20-59-50(68)36-14-15-45(48(29-36)72-6)58-19-8-9-40-30-41-43(61-44-18-21-62(3)31-42(44)54)10-7-11-46(41)66(40)33-53(55,56)57/h7,10-15,28-30,34,38-39,42,44,49,58,61,67H,16-27,31-33H2,1-6H3,(H,59,68)(H,60,69)/t38-,42-,44+,49-/m0/s1. The molecule has 15 nitrogen and oxygen atoms in total. The molecule has 4 aromatic rings. The summed E-state index contributed by atoms with van der Waals surface area (Å²) in [6.45, 7) is 6.69. The molecule has 0 aliphatic carbocycles. The summed E-state index contributed by atoms with van der Waals surface area (Å²) in [6.07, 6.45) is -3.17. The molecule has 1 aromatic heterocycles. The summed E-state index contributed by atoms with van der Waals surface area (Å²) >= 11 is 0. The normalized spacial score (nSPS) is 20.1. The Labute approximate surface area is 419 Å². The average molecular weight is 1000 g/mol. The number of ether oxygens (including phenoxy) is 2. The van der Waals surface area contributed by atoms with Crippen LogP contribution in [0.4, 0.5) is 34.6 Å². The van der Waals surface area contributed by atoms with Crippen molar-refractivity contribution in [1.82, 2.24) is 29.9 Å². The molecule has 3 aromatic carbocycles. The van der Waals surface area contributed by atoms with Crippen molar-refractivity contribution in [1.29, 1.82) is 0 Å². The topological polar surface area (TPSA) is 156 Å². The van der Waals surface area contributed by atoms with Crippen LogP contribution in [0.2, 0.25) is 0 Å². The molecule has 4 heterocycles. The number of aliphatic hydroxyl groups is 1. The van der Waals surface area contributed by atoms with Crippen LogP contribution in [0.1, 0.15) is 65.1 Å². The molecule has 390 valence electrons. The van der Waals surface area contributed by atoms with Gasteiger partial charge in [-0.2, -0.15) is 13.2 Å². The number of nitrogens with zero attached hydrogens (tertiary/aromatic N) is 5. The number of benzene rings is 3. The lowest BCUT2D eigenvalue weighted by atomic mass is 9.94. The molecule has 2 fully saturated rings. The molecular formula is C53H69F4N9O6. The number of amides is 3. The lowest BCUT2D eigenvalue weighted by molar-refractivity contribution is -0.140. The first-order valence-corrected chi connectivity index (χ1v) is 24.7. The number of halogens is 4. The lowest BCUT2D eigenvalue weighted by Crippen LogP contribution is -2.54. The van der Waals surface area contributed by atoms with Gasteiger partial charge in [-0.3, -0.25) is 19.3 Å². The molecule has 0 bridgehead atoms. The summed E-state index contributed by atoms with van der Waals surface area (Å²) in [5.41, 5.74) is 4.27. The minimum atomic E-state index is -4.51. The number of methoxy groups -OCH3 is 2. The van der Waals surface area contributed by atoms with E-state index in [4.69, 9.17) is 9.47 Å². The Morgan fingerprint density at radius 3 is 2.43 bits per heavy atom. The highest BCUT2D eigenvalue weighted by Gasteiger charge is 2.35. The fraction of sp³-hybridized carbons (Fsp3) is 0.528. The van der Waals surface area contributed by atoms with Gasteiger partial charge in [-0.05, 0) is 98.7 Å². The van der Waals surface area contributed by atoms with Gasteiger partial charge in [0.1, 0.15) is 24.5 Å². The number of likely N-dealkylation sites (tertiary alicyclic amines) is 2. The first-order valence-electron chi connectivity index (χ1n) is 24.7. The van der Waals surface area contributed by atoms with Crippen molar-refractivity contribution in [2.45, 2.75) is 82.6 Å². The maximum Gasteiger partial charge on any atom is 0.406 e. The second-order valence-electron chi connectivity index (χ2n) is 19.4. The zero-order valence-corrected chi connectivity index (χ0v) is 42.1. The van der Waals surface area contributed by atoms with Gasteiger partial charge in [-0.25, -0.2) is 4.39 Å². The number of hydrogen-bond acceptors (Lipinski definition) is 11. The van der Waals surface area contributed by atoms with Gasteiger partial charge in [-0.1, -0.05) is 31.9 Å². The molecule has 5 N–H and O–H groups in total. The first kappa shape index (κ1) is 53.7. The molecule has 0 unspecified atom stereocenters. The first-order chi connectivity index (χ1) is 34.5. The maximum absolute atomic E-state index is 14.9. The average Bonchev–Trinajstić information content (AvgIpc) is 3.69. The Hall–Kier alpha value is -6.07. The molecule has 0 radical (unpaired) electrons. The van der Waals surface area contributed by atoms with Crippen LogP contribution in [-0.4, -0.2) is 172 Å². The molecule has 19 heteroatoms. The van der Waals surface area contributed by atoms with Gasteiger partial charge in [0, 0.05) is 93.9 Å². The van der Waals surface area contributed by atoms with Crippen molar-refractivity contribution < 1.29 is 46.5 Å². The summed E-state index contributed by atoms with van der Waals surface area (Å²) in [7, 11) is 6.85. The molecule has 0 spiro atoms. The highest BCUT2D eigenvalue weighted by molar-refractivity contribution is 5.97. The summed E-state index contributed by atoms with van der Waals surface area (Å²) in [6, 6.07) is 16.0. The van der Waals surface area contributed by atoms with Crippen LogP contribution in [0.5, 0.6) is 5.75 Å². The van der Waals surface area contributed by atoms with Gasteiger partial charge < -0.3 is 55.1 Å². The van der Waals surface area contributed by atoms with E-state index in [2.05, 4.69) is 38.0 Å². The van der Waals surface area contributed by atoms with Crippen molar-refractivity contribution in [3.05, 3.63) is 83.0 Å². The number of nitrogens with one attached hydrogen (secondary N) is 4. The minimum absolute atomic E-state index is 0.00921. The number of aliphatic hydroxyl groups excluding tert-OH is 1. The summed E-state index contributed by atoms with van der Waals surface area (Å²) in [5.74, 6) is 5.68. The number of carbonyl (C=O) groups excluding carboxylic acids is 3. The van der Waals surface area contributed by atoms with Gasteiger partial charge in [0.15, 0.2) is 0 Å². The molecule has 0 saturated carbocycles. The molecule has 3 aliphatic rings. The van der Waals surface area contributed by atoms with Gasteiger partial charge in [0.25, 0.3) is 11.8 Å². The number of carbonyl (C=O) groups is 3. The number of anilines is 3. The largest absolute Gasteiger partial charge is 0.495 e. The smallest absolute Gasteiger partial charge is 0.406 e. The van der Waals surface area contributed by atoms with Crippen LogP contribution in [-0.2, 0) is 22.5 Å². The van der Waals surface area contributed by atoms with E-state index >= 15 is 0 Å². The Morgan fingerprint density at radius 2 is 1.74 bits per heavy atom. The predicted octanol–water partition coefficient (Wildman–Crippen LogP) is 5.61. The molecule has 72 heavy (non-hydrogen) atoms. The van der Waals surface area contributed by atoms with Crippen molar-refractivity contribution >= 4 is 45.7 Å². The van der Waals surface area contributed by atoms with E-state index in [0.29, 0.717) is 97.9 Å². The third kappa shape index (κ3) is 13.1. The number of hydrogen-bond donors (Lipinski definition) is 5. The van der Waals surface area contributed by atoms with Gasteiger partial charge >= 0.3 is 6.18 Å². The van der Waals surface area contributed by atoms with Crippen molar-refractivity contribution in [2.75, 3.05) is 109 Å². The van der Waals surface area contributed by atoms with E-state index in [1.807, 2.05) is 60.8 Å². The lowest BCUT2D eigenvalue weighted by Gasteiger charge is -2.39. The van der Waals surface area contributed by atoms with E-state index in [9.17, 15) is 37.1 Å². The van der Waals surface area contributed by atoms with E-state index < -0.39 is 37.0 Å². The molecule has 3 amide bonds. The minimum Gasteiger partial charge on any atom is -0.495 e. The number of fused-ring (bicyclic) bond motifs is 2. The zero-order chi connectivity index (χ0) is 51.7. The van der Waals surface area contributed by atoms with Crippen LogP contribution in [0.3, 0.4) is 0 Å². The fourth-order valence-corrected chi connectivity index (χ4v) is 10.2. The molecule has 7 rings (SSSR count). The Balaban J connectivity index is 0.938. The number of alkyl halides is 4. The SMILES string of the molecule is COCCN(CCNC(=O)c1ccc(NCC#Cc2cc3c(N[C@@H]4CCN(C)C[C@@H]4F)cccc3n2CC(F)(F)F)c(OC)c1)C1CCN(C(=O)c2ccc3c(c2)N(C)[C@@H](C(C)C)C(=O)N[C@H](CO)C3)CC1. The number of aromatic nitrogens is 1. The van der Waals surface area contributed by atoms with Crippen molar-refractivity contribution in [3.8, 4) is 17.6 Å². The van der Waals surface area contributed by atoms with Gasteiger partial charge in [0.2, 0.25) is 5.91 Å². The highest BCUT2D eigenvalue weighted by Crippen LogP contribution is 2.33. The van der Waals surface area contributed by atoms with Crippen LogP contribution < -0.4 is 30.9 Å². The van der Waals surface area contributed by atoms with E-state index in [0.717, 1.165) is 28.7 Å². The summed E-state index contributed by atoms with van der Waals surface area (Å²) in [5, 5.41) is 22.9. The summed E-state index contributed by atoms with van der Waals surface area (Å²) in [4.78, 5) is 48.6. The molecular weight excluding hydrogens is 935 g/mol. The van der Waals surface area contributed by atoms with Crippen LogP contribution in [0.15, 0.2) is 60.7 Å². The molecule has 2 saturated heterocycles. The van der Waals surface area contributed by atoms with E-state index in [1.54, 1.807) is 49.6 Å². The quantitative estimate of drug-likeness (QED) is 0.0663. The number of likely N-dealkylation sites (N-methyl/N-ethyl adjacent to an activating group) is 1. The number of piperidine rings is 2. The molecule has 3 aliphatic heterocycles. The zero-order valence-electron chi connectivity index (χ0n) is 42.1. The third-order valence-corrected chi connectivity index (χ3v) is 14.0. The second kappa shape index (κ2) is 24.1. The number of rotatable bonds is 17. The Bertz CT molecular complexity index is 2590. The fourth-order valence-electron chi connectivity index (χ4n) is 10.2. The highest BCUT2D eigenvalue weighted by atomic mass is 19.4. The predicted molar refractivity (Wildman–Crippen MR) is 272 cm³/mol. The van der Waals surface area contributed by atoms with Crippen molar-refractivity contribution in [3.63, 3.8) is 0 Å². The van der Waals surface area contributed by atoms with Crippen LogP contribution >= 0.6 is 0 Å². The van der Waals surface area contributed by atoms with Gasteiger partial charge in [-0.15, -0.1) is 0 Å². The monoisotopic (exact) mass is 1000 g/mol. The van der Waals surface area contributed by atoms with E-state index in [1.165, 1.54) is 7.11 Å².